The minimum Gasteiger partial charge on any atom is -0.376 e. The van der Waals surface area contributed by atoms with Crippen LogP contribution >= 0.6 is 0 Å². The highest BCUT2D eigenvalue weighted by Crippen LogP contribution is 2.33. The van der Waals surface area contributed by atoms with Gasteiger partial charge >= 0.3 is 0 Å². The highest BCUT2D eigenvalue weighted by molar-refractivity contribution is 6.35. The van der Waals surface area contributed by atoms with E-state index in [0.717, 1.165) is 51.1 Å². The van der Waals surface area contributed by atoms with Crippen molar-refractivity contribution in [2.75, 3.05) is 45.9 Å². The summed E-state index contributed by atoms with van der Waals surface area (Å²) in [6.07, 6.45) is 1.86. The summed E-state index contributed by atoms with van der Waals surface area (Å²) in [7, 11) is 0. The molecule has 4 rings (SSSR count). The molecule has 0 aromatic heterocycles. The van der Waals surface area contributed by atoms with E-state index in [0.29, 0.717) is 24.4 Å². The molecule has 1 unspecified atom stereocenters. The predicted octanol–water partition coefficient (Wildman–Crippen LogP) is 1.58. The van der Waals surface area contributed by atoms with Crippen molar-refractivity contribution >= 4 is 17.4 Å². The molecule has 0 saturated carbocycles. The van der Waals surface area contributed by atoms with Crippen LogP contribution in [0.2, 0.25) is 0 Å². The Kier molecular flexibility index (Phi) is 5.27. The zero-order chi connectivity index (χ0) is 18.8. The van der Waals surface area contributed by atoms with Crippen molar-refractivity contribution in [3.63, 3.8) is 0 Å². The normalized spacial score (nSPS) is 24.4. The number of carbonyl (C=O) groups excluding carboxylic acids is 2. The van der Waals surface area contributed by atoms with Crippen LogP contribution in [0.4, 0.5) is 0 Å². The van der Waals surface area contributed by atoms with Gasteiger partial charge in [0, 0.05) is 32.8 Å². The monoisotopic (exact) mass is 369 g/mol. The molecule has 0 N–H and O–H groups in total. The lowest BCUT2D eigenvalue weighted by molar-refractivity contribution is -0.139. The van der Waals surface area contributed by atoms with E-state index >= 15 is 0 Å². The summed E-state index contributed by atoms with van der Waals surface area (Å²) in [6, 6.07) is 9.58. The smallest absolute Gasteiger partial charge is 0.277 e. The second-order valence-corrected chi connectivity index (χ2v) is 7.37. The van der Waals surface area contributed by atoms with E-state index in [2.05, 4.69) is 16.7 Å². The van der Waals surface area contributed by atoms with Crippen molar-refractivity contribution in [2.45, 2.75) is 25.9 Å². The first-order valence-electron chi connectivity index (χ1n) is 9.94. The average Bonchev–Trinajstić information content (AvgIpc) is 3.31. The maximum absolute atomic E-state index is 13.3. The maximum atomic E-state index is 13.3. The van der Waals surface area contributed by atoms with Gasteiger partial charge < -0.3 is 14.5 Å². The Hall–Kier alpha value is -2.18. The molecule has 144 valence electrons. The van der Waals surface area contributed by atoms with Gasteiger partial charge in [0.05, 0.1) is 18.2 Å². The van der Waals surface area contributed by atoms with E-state index < -0.39 is 0 Å². The van der Waals surface area contributed by atoms with Crippen LogP contribution in [0.15, 0.2) is 36.0 Å². The van der Waals surface area contributed by atoms with Crippen molar-refractivity contribution in [3.8, 4) is 0 Å². The minimum absolute atomic E-state index is 0.0359. The lowest BCUT2D eigenvalue weighted by Gasteiger charge is -2.36. The summed E-state index contributed by atoms with van der Waals surface area (Å²) in [6.45, 7) is 7.59. The quantitative estimate of drug-likeness (QED) is 0.738. The fourth-order valence-corrected chi connectivity index (χ4v) is 4.17. The molecule has 6 heteroatoms. The Labute approximate surface area is 160 Å². The first-order valence-corrected chi connectivity index (χ1v) is 9.94. The molecule has 2 fully saturated rings. The van der Waals surface area contributed by atoms with Gasteiger partial charge in [-0.1, -0.05) is 37.3 Å². The SMILES string of the molecule is CCN1CCN(C2=C(c3ccccc3)C(=O)N(CC3CCCO3)C2=O)CC1. The largest absolute Gasteiger partial charge is 0.376 e. The second-order valence-electron chi connectivity index (χ2n) is 7.37. The van der Waals surface area contributed by atoms with E-state index in [1.807, 2.05) is 30.3 Å². The molecule has 6 nitrogen and oxygen atoms in total. The van der Waals surface area contributed by atoms with Crippen LogP contribution in [-0.2, 0) is 14.3 Å². The number of carbonyl (C=O) groups is 2. The molecule has 3 aliphatic rings. The molecule has 0 bridgehead atoms. The zero-order valence-corrected chi connectivity index (χ0v) is 15.9. The molecule has 1 atom stereocenters. The second kappa shape index (κ2) is 7.82. The molecule has 2 amide bonds. The highest BCUT2D eigenvalue weighted by atomic mass is 16.5. The lowest BCUT2D eigenvalue weighted by Crippen LogP contribution is -2.47. The summed E-state index contributed by atoms with van der Waals surface area (Å²) in [5, 5.41) is 0. The van der Waals surface area contributed by atoms with Crippen LogP contribution < -0.4 is 0 Å². The fourth-order valence-electron chi connectivity index (χ4n) is 4.17. The van der Waals surface area contributed by atoms with Gasteiger partial charge in [-0.05, 0) is 24.9 Å². The van der Waals surface area contributed by atoms with Crippen LogP contribution in [0.3, 0.4) is 0 Å². The third-order valence-corrected chi connectivity index (χ3v) is 5.75. The van der Waals surface area contributed by atoms with E-state index in [1.165, 1.54) is 4.90 Å². The van der Waals surface area contributed by atoms with Gasteiger partial charge in [0.25, 0.3) is 11.8 Å². The van der Waals surface area contributed by atoms with E-state index in [9.17, 15) is 9.59 Å². The zero-order valence-electron chi connectivity index (χ0n) is 15.9. The number of amides is 2. The third kappa shape index (κ3) is 3.51. The summed E-state index contributed by atoms with van der Waals surface area (Å²) in [4.78, 5) is 32.4. The minimum atomic E-state index is -0.186. The molecule has 0 aliphatic carbocycles. The molecule has 3 heterocycles. The number of hydrogen-bond acceptors (Lipinski definition) is 5. The Morgan fingerprint density at radius 2 is 1.78 bits per heavy atom. The molecule has 1 aromatic carbocycles. The summed E-state index contributed by atoms with van der Waals surface area (Å²) in [5.74, 6) is -0.353. The number of hydrogen-bond donors (Lipinski definition) is 0. The lowest BCUT2D eigenvalue weighted by atomic mass is 10.0. The Morgan fingerprint density at radius 3 is 2.41 bits per heavy atom. The van der Waals surface area contributed by atoms with Crippen LogP contribution in [-0.4, -0.2) is 78.5 Å². The fraction of sp³-hybridized carbons (Fsp3) is 0.524. The van der Waals surface area contributed by atoms with Gasteiger partial charge in [-0.25, -0.2) is 0 Å². The average molecular weight is 369 g/mol. The first kappa shape index (κ1) is 18.2. The maximum Gasteiger partial charge on any atom is 0.277 e. The predicted molar refractivity (Wildman–Crippen MR) is 103 cm³/mol. The first-order chi connectivity index (χ1) is 13.2. The van der Waals surface area contributed by atoms with Gasteiger partial charge in [-0.15, -0.1) is 0 Å². The Bertz CT molecular complexity index is 732. The van der Waals surface area contributed by atoms with E-state index in [4.69, 9.17) is 4.74 Å². The van der Waals surface area contributed by atoms with Crippen LogP contribution in [0.1, 0.15) is 25.3 Å². The topological polar surface area (TPSA) is 53.1 Å². The van der Waals surface area contributed by atoms with Crippen LogP contribution in [0.5, 0.6) is 0 Å². The molecule has 0 radical (unpaired) electrons. The van der Waals surface area contributed by atoms with Crippen molar-refractivity contribution in [1.82, 2.24) is 14.7 Å². The van der Waals surface area contributed by atoms with Crippen molar-refractivity contribution in [2.24, 2.45) is 0 Å². The van der Waals surface area contributed by atoms with Gasteiger partial charge in [-0.3, -0.25) is 14.5 Å². The number of ether oxygens (including phenoxy) is 1. The molecule has 0 spiro atoms. The van der Waals surface area contributed by atoms with Crippen LogP contribution in [0, 0.1) is 0 Å². The van der Waals surface area contributed by atoms with Gasteiger partial charge in [0.2, 0.25) is 0 Å². The van der Waals surface area contributed by atoms with Crippen LogP contribution in [0.25, 0.3) is 5.57 Å². The molecule has 27 heavy (non-hydrogen) atoms. The van der Waals surface area contributed by atoms with E-state index in [-0.39, 0.29) is 17.9 Å². The Balaban J connectivity index is 1.65. The standard InChI is InChI=1S/C21H27N3O3/c1-2-22-10-12-23(13-11-22)19-18(16-7-4-3-5-8-16)20(25)24(21(19)26)15-17-9-6-14-27-17/h3-5,7-8,17H,2,6,9-15H2,1H3. The molecule has 1 aromatic rings. The number of rotatable bonds is 5. The van der Waals surface area contributed by atoms with Gasteiger partial charge in [-0.2, -0.15) is 0 Å². The summed E-state index contributed by atoms with van der Waals surface area (Å²) < 4.78 is 5.68. The number of benzene rings is 1. The van der Waals surface area contributed by atoms with Crippen molar-refractivity contribution in [3.05, 3.63) is 41.6 Å². The summed E-state index contributed by atoms with van der Waals surface area (Å²) >= 11 is 0. The van der Waals surface area contributed by atoms with Crippen molar-refractivity contribution < 1.29 is 14.3 Å². The molecule has 3 aliphatic heterocycles. The van der Waals surface area contributed by atoms with Gasteiger partial charge in [0.1, 0.15) is 5.70 Å². The Morgan fingerprint density at radius 1 is 1.04 bits per heavy atom. The van der Waals surface area contributed by atoms with Crippen molar-refractivity contribution in [1.29, 1.82) is 0 Å². The van der Waals surface area contributed by atoms with E-state index in [1.54, 1.807) is 0 Å². The third-order valence-electron chi connectivity index (χ3n) is 5.75. The number of imide groups is 1. The highest BCUT2D eigenvalue weighted by Gasteiger charge is 2.43. The summed E-state index contributed by atoms with van der Waals surface area (Å²) in [5.41, 5.74) is 1.93. The number of piperazine rings is 1. The number of nitrogens with zero attached hydrogens (tertiary/aromatic N) is 3. The molecular weight excluding hydrogens is 342 g/mol. The number of likely N-dealkylation sites (N-methyl/N-ethyl adjacent to an activating group) is 1. The van der Waals surface area contributed by atoms with Gasteiger partial charge in [0.15, 0.2) is 0 Å². The molecule has 2 saturated heterocycles. The molecular formula is C21H27N3O3.